The number of nitrogens with one attached hydrogen (secondary N) is 1. The highest BCUT2D eigenvalue weighted by molar-refractivity contribution is 6.35. The molecule has 3 N–H and O–H groups in total. The lowest BCUT2D eigenvalue weighted by Gasteiger charge is -2.09. The van der Waals surface area contributed by atoms with Gasteiger partial charge in [-0.1, -0.05) is 23.2 Å². The van der Waals surface area contributed by atoms with E-state index in [-0.39, 0.29) is 30.4 Å². The van der Waals surface area contributed by atoms with Crippen molar-refractivity contribution < 1.29 is 18.7 Å². The van der Waals surface area contributed by atoms with Crippen molar-refractivity contribution in [3.05, 3.63) is 57.7 Å². The highest BCUT2D eigenvalue weighted by Gasteiger charge is 2.21. The van der Waals surface area contributed by atoms with Crippen LogP contribution in [0.5, 0.6) is 11.5 Å². The van der Waals surface area contributed by atoms with Crippen LogP contribution in [0.1, 0.15) is 28.7 Å². The van der Waals surface area contributed by atoms with Crippen molar-refractivity contribution in [3.63, 3.8) is 0 Å². The topological polar surface area (TPSA) is 112 Å². The summed E-state index contributed by atoms with van der Waals surface area (Å²) in [4.78, 5) is 20.9. The molecule has 0 atom stereocenters. The number of hydrogen-bond donors (Lipinski definition) is 2. The molecule has 30 heavy (non-hydrogen) atoms. The van der Waals surface area contributed by atoms with Crippen LogP contribution in [0, 0.1) is 0 Å². The standard InChI is InChI=1S/C20H20Cl2N4O4/c1-3-29-16-6-11(4-5-15(16)28-2)20-26-18(17(7-23)30-20)19(27)25-8-12-13(21)9-24-10-14(12)22/h4-6,9-10H,3,7-8,23H2,1-2H3,(H,25,27). The lowest BCUT2D eigenvalue weighted by Crippen LogP contribution is -2.25. The number of halogens is 2. The number of rotatable bonds is 8. The van der Waals surface area contributed by atoms with Crippen molar-refractivity contribution in [1.82, 2.24) is 15.3 Å². The van der Waals surface area contributed by atoms with Crippen LogP contribution in [0.25, 0.3) is 11.5 Å². The molecule has 0 saturated heterocycles. The lowest BCUT2D eigenvalue weighted by molar-refractivity contribution is 0.0944. The first-order chi connectivity index (χ1) is 14.5. The third kappa shape index (κ3) is 4.67. The third-order valence-electron chi connectivity index (χ3n) is 4.19. The molecule has 0 unspecified atom stereocenters. The van der Waals surface area contributed by atoms with Crippen LogP contribution in [0.15, 0.2) is 35.0 Å². The van der Waals surface area contributed by atoms with E-state index in [9.17, 15) is 4.79 Å². The second-order valence-corrected chi connectivity index (χ2v) is 6.87. The van der Waals surface area contributed by atoms with Gasteiger partial charge in [0.15, 0.2) is 23.0 Å². The fraction of sp³-hybridized carbons (Fsp3) is 0.250. The van der Waals surface area contributed by atoms with Crippen LogP contribution in [0.2, 0.25) is 10.0 Å². The maximum absolute atomic E-state index is 12.7. The first-order valence-electron chi connectivity index (χ1n) is 9.05. The van der Waals surface area contributed by atoms with Gasteiger partial charge in [-0.3, -0.25) is 9.78 Å². The van der Waals surface area contributed by atoms with Gasteiger partial charge in [0.05, 0.1) is 30.3 Å². The minimum atomic E-state index is -0.465. The van der Waals surface area contributed by atoms with Gasteiger partial charge in [-0.15, -0.1) is 0 Å². The number of pyridine rings is 1. The number of oxazole rings is 1. The number of ether oxygens (including phenoxy) is 2. The molecular weight excluding hydrogens is 431 g/mol. The van der Waals surface area contributed by atoms with Crippen molar-refractivity contribution in [3.8, 4) is 23.0 Å². The summed E-state index contributed by atoms with van der Waals surface area (Å²) in [5.74, 6) is 1.15. The van der Waals surface area contributed by atoms with Crippen molar-refractivity contribution in [2.24, 2.45) is 5.73 Å². The molecule has 0 spiro atoms. The van der Waals surface area contributed by atoms with Gasteiger partial charge in [0.2, 0.25) is 5.89 Å². The van der Waals surface area contributed by atoms with E-state index in [0.717, 1.165) is 0 Å². The van der Waals surface area contributed by atoms with Gasteiger partial charge >= 0.3 is 0 Å². The van der Waals surface area contributed by atoms with Crippen LogP contribution in [0.4, 0.5) is 0 Å². The molecule has 2 heterocycles. The SMILES string of the molecule is CCOc1cc(-c2nc(C(=O)NCc3c(Cl)cncc3Cl)c(CN)o2)ccc1OC. The Bertz CT molecular complexity index is 1040. The van der Waals surface area contributed by atoms with E-state index < -0.39 is 5.91 Å². The summed E-state index contributed by atoms with van der Waals surface area (Å²) < 4.78 is 16.6. The predicted octanol–water partition coefficient (Wildman–Crippen LogP) is 3.84. The summed E-state index contributed by atoms with van der Waals surface area (Å²) >= 11 is 12.2. The molecule has 0 fully saturated rings. The molecule has 0 bridgehead atoms. The van der Waals surface area contributed by atoms with Crippen LogP contribution in [-0.4, -0.2) is 29.6 Å². The van der Waals surface area contributed by atoms with Gasteiger partial charge in [-0.2, -0.15) is 0 Å². The molecule has 0 aliphatic carbocycles. The Morgan fingerprint density at radius 3 is 2.60 bits per heavy atom. The Hall–Kier alpha value is -2.81. The fourth-order valence-electron chi connectivity index (χ4n) is 2.73. The first kappa shape index (κ1) is 21.9. The van der Waals surface area contributed by atoms with E-state index in [2.05, 4.69) is 15.3 Å². The van der Waals surface area contributed by atoms with Gasteiger partial charge < -0.3 is 24.9 Å². The maximum Gasteiger partial charge on any atom is 0.273 e. The van der Waals surface area contributed by atoms with Gasteiger partial charge in [-0.05, 0) is 25.1 Å². The van der Waals surface area contributed by atoms with Crippen LogP contribution in [0.3, 0.4) is 0 Å². The lowest BCUT2D eigenvalue weighted by atomic mass is 10.2. The quantitative estimate of drug-likeness (QED) is 0.535. The maximum atomic E-state index is 12.7. The van der Waals surface area contributed by atoms with E-state index in [0.29, 0.717) is 39.3 Å². The predicted molar refractivity (Wildman–Crippen MR) is 113 cm³/mol. The zero-order chi connectivity index (χ0) is 21.7. The van der Waals surface area contributed by atoms with Gasteiger partial charge in [-0.25, -0.2) is 4.98 Å². The van der Waals surface area contributed by atoms with E-state index >= 15 is 0 Å². The first-order valence-corrected chi connectivity index (χ1v) is 9.81. The summed E-state index contributed by atoms with van der Waals surface area (Å²) in [5.41, 5.74) is 7.01. The van der Waals surface area contributed by atoms with Crippen LogP contribution < -0.4 is 20.5 Å². The molecule has 3 aromatic rings. The Morgan fingerprint density at radius 2 is 1.97 bits per heavy atom. The monoisotopic (exact) mass is 450 g/mol. The van der Waals surface area contributed by atoms with E-state index in [1.807, 2.05) is 6.92 Å². The van der Waals surface area contributed by atoms with Crippen molar-refractivity contribution >= 4 is 29.1 Å². The average Bonchev–Trinajstić information content (AvgIpc) is 3.18. The smallest absolute Gasteiger partial charge is 0.273 e. The number of amides is 1. The Balaban J connectivity index is 1.85. The summed E-state index contributed by atoms with van der Waals surface area (Å²) in [6.45, 7) is 2.43. The Kier molecular flexibility index (Phi) is 7.15. The van der Waals surface area contributed by atoms with E-state index in [1.165, 1.54) is 12.4 Å². The zero-order valence-corrected chi connectivity index (χ0v) is 17.9. The van der Waals surface area contributed by atoms with Crippen molar-refractivity contribution in [2.45, 2.75) is 20.0 Å². The number of aromatic nitrogens is 2. The van der Waals surface area contributed by atoms with Gasteiger partial charge in [0.1, 0.15) is 0 Å². The molecule has 158 valence electrons. The molecule has 0 aliphatic heterocycles. The summed E-state index contributed by atoms with van der Waals surface area (Å²) in [5, 5.41) is 3.43. The van der Waals surface area contributed by atoms with Crippen LogP contribution >= 0.6 is 23.2 Å². The molecule has 1 amide bonds. The van der Waals surface area contributed by atoms with E-state index in [1.54, 1.807) is 25.3 Å². The minimum absolute atomic E-state index is 0.000987. The molecule has 2 aromatic heterocycles. The van der Waals surface area contributed by atoms with Crippen molar-refractivity contribution in [1.29, 1.82) is 0 Å². The second kappa shape index (κ2) is 9.80. The summed E-state index contributed by atoms with van der Waals surface area (Å²) in [7, 11) is 1.55. The molecule has 0 radical (unpaired) electrons. The number of carbonyl (C=O) groups is 1. The fourth-order valence-corrected chi connectivity index (χ4v) is 3.23. The number of methoxy groups -OCH3 is 1. The van der Waals surface area contributed by atoms with E-state index in [4.69, 9.17) is 42.8 Å². The number of benzene rings is 1. The average molecular weight is 451 g/mol. The molecule has 10 heteroatoms. The third-order valence-corrected chi connectivity index (χ3v) is 4.84. The number of hydrogen-bond acceptors (Lipinski definition) is 7. The second-order valence-electron chi connectivity index (χ2n) is 6.06. The number of carbonyl (C=O) groups excluding carboxylic acids is 1. The molecule has 8 nitrogen and oxygen atoms in total. The molecule has 0 aliphatic rings. The molecule has 3 rings (SSSR count). The minimum Gasteiger partial charge on any atom is -0.493 e. The summed E-state index contributed by atoms with van der Waals surface area (Å²) in [6, 6.07) is 5.22. The van der Waals surface area contributed by atoms with Gasteiger partial charge in [0.25, 0.3) is 5.91 Å². The normalized spacial score (nSPS) is 10.7. The number of nitrogens with zero attached hydrogens (tertiary/aromatic N) is 2. The summed E-state index contributed by atoms with van der Waals surface area (Å²) in [6.07, 6.45) is 2.90. The van der Waals surface area contributed by atoms with Gasteiger partial charge in [0, 0.05) is 30.1 Å². The Labute approximate surface area is 183 Å². The highest BCUT2D eigenvalue weighted by atomic mass is 35.5. The molecule has 0 saturated carbocycles. The Morgan fingerprint density at radius 1 is 1.23 bits per heavy atom. The zero-order valence-electron chi connectivity index (χ0n) is 16.4. The van der Waals surface area contributed by atoms with Crippen LogP contribution in [-0.2, 0) is 13.1 Å². The molecular formula is C20H20Cl2N4O4. The molecule has 1 aromatic carbocycles. The highest BCUT2D eigenvalue weighted by Crippen LogP contribution is 2.33. The largest absolute Gasteiger partial charge is 0.493 e. The number of nitrogens with two attached hydrogens (primary N) is 1. The van der Waals surface area contributed by atoms with Crippen molar-refractivity contribution in [2.75, 3.05) is 13.7 Å².